The molecule has 13 heavy (non-hydrogen) atoms. The van der Waals surface area contributed by atoms with Gasteiger partial charge in [0.2, 0.25) is 0 Å². The van der Waals surface area contributed by atoms with Gasteiger partial charge in [0, 0.05) is 6.07 Å². The van der Waals surface area contributed by atoms with Crippen molar-refractivity contribution in [1.29, 1.82) is 0 Å². The maximum absolute atomic E-state index is 12.7. The highest BCUT2D eigenvalue weighted by molar-refractivity contribution is 8.01. The Morgan fingerprint density at radius 3 is 2.23 bits per heavy atom. The van der Waals surface area contributed by atoms with Gasteiger partial charge in [0.15, 0.2) is 23.3 Å². The summed E-state index contributed by atoms with van der Waals surface area (Å²) >= 11 is 0.209. The Hall–Kier alpha value is -1.22. The van der Waals surface area contributed by atoms with Gasteiger partial charge in [-0.2, -0.15) is 0 Å². The smallest absolute Gasteiger partial charge is 0.223 e. The molecule has 6 heteroatoms. The summed E-state index contributed by atoms with van der Waals surface area (Å²) in [5.41, 5.74) is 0. The van der Waals surface area contributed by atoms with Gasteiger partial charge in [-0.25, -0.2) is 28.4 Å². The minimum atomic E-state index is -1.90. The van der Waals surface area contributed by atoms with E-state index in [-0.39, 0.29) is 11.9 Å². The van der Waals surface area contributed by atoms with E-state index in [1.807, 2.05) is 0 Å². The van der Waals surface area contributed by atoms with Crippen molar-refractivity contribution in [1.82, 2.24) is 0 Å². The minimum Gasteiger partial charge on any atom is -0.223 e. The van der Waals surface area contributed by atoms with Crippen molar-refractivity contribution in [2.24, 2.45) is 0 Å². The van der Waals surface area contributed by atoms with Crippen LogP contribution in [0.3, 0.4) is 0 Å². The molecule has 0 heterocycles. The second kappa shape index (κ2) is 3.66. The highest BCUT2D eigenvalue weighted by Crippen LogP contribution is 2.27. The minimum absolute atomic E-state index is 0.209. The summed E-state index contributed by atoms with van der Waals surface area (Å²) in [5.74, 6) is -6.82. The van der Waals surface area contributed by atoms with Gasteiger partial charge in [-0.15, -0.1) is 0 Å². The lowest BCUT2D eigenvalue weighted by Crippen LogP contribution is -1.96. The van der Waals surface area contributed by atoms with E-state index in [0.29, 0.717) is 6.07 Å². The van der Waals surface area contributed by atoms with Crippen molar-refractivity contribution in [3.63, 3.8) is 0 Å². The standard InChI is InChI=1S/C7HF4NS/c1-12-13-4-2-3(8)5(9)7(11)6(4)10/h2H. The Balaban J connectivity index is 3.34. The molecule has 0 spiro atoms. The molecular weight excluding hydrogens is 206 g/mol. The molecule has 1 aromatic rings. The fourth-order valence-corrected chi connectivity index (χ4v) is 1.09. The average molecular weight is 207 g/mol. The maximum Gasteiger partial charge on any atom is 0.297 e. The van der Waals surface area contributed by atoms with E-state index in [1.54, 1.807) is 0 Å². The summed E-state index contributed by atoms with van der Waals surface area (Å²) in [5, 5.41) is 0. The molecule has 0 atom stereocenters. The lowest BCUT2D eigenvalue weighted by atomic mass is 10.3. The first-order valence-corrected chi connectivity index (χ1v) is 3.72. The summed E-state index contributed by atoms with van der Waals surface area (Å²) in [7, 11) is 0. The molecule has 0 aliphatic carbocycles. The number of hydrogen-bond donors (Lipinski definition) is 0. The van der Waals surface area contributed by atoms with Crippen LogP contribution in [0.15, 0.2) is 11.0 Å². The fourth-order valence-electron chi connectivity index (χ4n) is 0.667. The topological polar surface area (TPSA) is 4.36 Å². The number of halogens is 4. The highest BCUT2D eigenvalue weighted by Gasteiger charge is 2.21. The second-order valence-corrected chi connectivity index (χ2v) is 2.79. The van der Waals surface area contributed by atoms with Crippen LogP contribution in [0, 0.1) is 29.8 Å². The Morgan fingerprint density at radius 1 is 1.08 bits per heavy atom. The van der Waals surface area contributed by atoms with E-state index >= 15 is 0 Å². The molecular formula is C7HF4NS. The van der Waals surface area contributed by atoms with Crippen LogP contribution in [-0.2, 0) is 0 Å². The summed E-state index contributed by atoms with van der Waals surface area (Å²) in [6, 6.07) is 0.441. The van der Waals surface area contributed by atoms with Crippen LogP contribution in [0.4, 0.5) is 17.6 Å². The number of benzene rings is 1. The van der Waals surface area contributed by atoms with E-state index in [9.17, 15) is 17.6 Å². The van der Waals surface area contributed by atoms with Gasteiger partial charge >= 0.3 is 0 Å². The van der Waals surface area contributed by atoms with Gasteiger partial charge in [0.1, 0.15) is 4.90 Å². The SMILES string of the molecule is [C-]#[N+]Sc1cc(F)c(F)c(F)c1F. The van der Waals surface area contributed by atoms with E-state index < -0.39 is 28.2 Å². The van der Waals surface area contributed by atoms with Gasteiger partial charge in [-0.05, 0) is 0 Å². The Kier molecular flexibility index (Phi) is 2.78. The molecule has 0 unspecified atom stereocenters. The summed E-state index contributed by atoms with van der Waals surface area (Å²) in [6.07, 6.45) is 0. The summed E-state index contributed by atoms with van der Waals surface area (Å²) < 4.78 is 52.6. The average Bonchev–Trinajstić information content (AvgIpc) is 2.11. The first kappa shape index (κ1) is 9.86. The summed E-state index contributed by atoms with van der Waals surface area (Å²) in [4.78, 5) is -0.564. The van der Waals surface area contributed by atoms with E-state index in [1.165, 1.54) is 0 Å². The van der Waals surface area contributed by atoms with Crippen molar-refractivity contribution in [3.8, 4) is 0 Å². The number of hydrogen-bond acceptors (Lipinski definition) is 1. The quantitative estimate of drug-likeness (QED) is 0.225. The molecule has 68 valence electrons. The third-order valence-corrected chi connectivity index (χ3v) is 1.80. The molecule has 0 saturated heterocycles. The lowest BCUT2D eigenvalue weighted by molar-refractivity contribution is 0.398. The molecule has 0 aliphatic heterocycles. The van der Waals surface area contributed by atoms with Crippen molar-refractivity contribution in [2.45, 2.75) is 4.90 Å². The van der Waals surface area contributed by atoms with Crippen molar-refractivity contribution < 1.29 is 17.6 Å². The highest BCUT2D eigenvalue weighted by atomic mass is 32.2. The van der Waals surface area contributed by atoms with Crippen LogP contribution < -0.4 is 0 Å². The first-order chi connectivity index (χ1) is 6.07. The molecule has 0 aliphatic rings. The van der Waals surface area contributed by atoms with Crippen LogP contribution in [-0.4, -0.2) is 0 Å². The molecule has 0 fully saturated rings. The molecule has 0 radical (unpaired) electrons. The van der Waals surface area contributed by atoms with E-state index in [4.69, 9.17) is 6.57 Å². The number of nitrogens with zero attached hydrogens (tertiary/aromatic N) is 1. The Bertz CT molecular complexity index is 385. The van der Waals surface area contributed by atoms with Crippen LogP contribution in [0.2, 0.25) is 0 Å². The second-order valence-electron chi connectivity index (χ2n) is 1.98. The van der Waals surface area contributed by atoms with Gasteiger partial charge < -0.3 is 0 Å². The lowest BCUT2D eigenvalue weighted by Gasteiger charge is -1.97. The van der Waals surface area contributed by atoms with Gasteiger partial charge in [-0.3, -0.25) is 0 Å². The van der Waals surface area contributed by atoms with Crippen LogP contribution in [0.5, 0.6) is 0 Å². The van der Waals surface area contributed by atoms with Crippen molar-refractivity contribution in [3.05, 3.63) is 40.2 Å². The fraction of sp³-hybridized carbons (Fsp3) is 0. The zero-order valence-electron chi connectivity index (χ0n) is 5.94. The Morgan fingerprint density at radius 2 is 1.69 bits per heavy atom. The number of rotatable bonds is 1. The van der Waals surface area contributed by atoms with Gasteiger partial charge in [-0.1, -0.05) is 0 Å². The molecule has 0 amide bonds. The molecule has 1 rings (SSSR count). The van der Waals surface area contributed by atoms with Gasteiger partial charge in [0.05, 0.1) is 0 Å². The molecule has 1 nitrogen and oxygen atoms in total. The van der Waals surface area contributed by atoms with Crippen LogP contribution >= 0.6 is 11.9 Å². The van der Waals surface area contributed by atoms with E-state index in [2.05, 4.69) is 4.25 Å². The Labute approximate surface area is 75.3 Å². The molecule has 0 aromatic heterocycles. The third-order valence-electron chi connectivity index (χ3n) is 1.21. The maximum atomic E-state index is 12.7. The molecule has 0 bridgehead atoms. The van der Waals surface area contributed by atoms with E-state index in [0.717, 1.165) is 0 Å². The normalized spacial score (nSPS) is 9.77. The predicted molar refractivity (Wildman–Crippen MR) is 38.7 cm³/mol. The third kappa shape index (κ3) is 1.75. The first-order valence-electron chi connectivity index (χ1n) is 2.94. The predicted octanol–water partition coefficient (Wildman–Crippen LogP) is 3.17. The van der Waals surface area contributed by atoms with Crippen molar-refractivity contribution in [2.75, 3.05) is 0 Å². The van der Waals surface area contributed by atoms with Gasteiger partial charge in [0.25, 0.3) is 11.9 Å². The molecule has 0 N–H and O–H groups in total. The zero-order valence-corrected chi connectivity index (χ0v) is 6.76. The largest absolute Gasteiger partial charge is 0.297 e. The molecule has 0 saturated carbocycles. The molecule has 1 aromatic carbocycles. The van der Waals surface area contributed by atoms with Crippen molar-refractivity contribution >= 4 is 11.9 Å². The van der Waals surface area contributed by atoms with Crippen LogP contribution in [0.25, 0.3) is 4.25 Å². The monoisotopic (exact) mass is 207 g/mol. The summed E-state index contributed by atoms with van der Waals surface area (Å²) in [6.45, 7) is 6.31. The van der Waals surface area contributed by atoms with Crippen LogP contribution in [0.1, 0.15) is 0 Å². The zero-order chi connectivity index (χ0) is 10.0.